The monoisotopic (exact) mass is 244 g/mol. The van der Waals surface area contributed by atoms with Crippen LogP contribution in [0.4, 0.5) is 0 Å². The van der Waals surface area contributed by atoms with E-state index < -0.39 is 5.91 Å². The number of aromatic nitrogens is 1. The third-order valence-corrected chi connectivity index (χ3v) is 1.94. The van der Waals surface area contributed by atoms with Gasteiger partial charge < -0.3 is 4.74 Å². The molecule has 1 heterocycles. The summed E-state index contributed by atoms with van der Waals surface area (Å²) in [5, 5.41) is 0.251. The Hall–Kier alpha value is -1.33. The summed E-state index contributed by atoms with van der Waals surface area (Å²) in [4.78, 5) is 20.3. The predicted molar refractivity (Wildman–Crippen MR) is 59.5 cm³/mol. The minimum atomic E-state index is -0.492. The fourth-order valence-electron chi connectivity index (χ4n) is 0.998. The highest BCUT2D eigenvalue weighted by molar-refractivity contribution is 6.33. The van der Waals surface area contributed by atoms with Crippen LogP contribution < -0.4 is 10.2 Å². The van der Waals surface area contributed by atoms with Crippen LogP contribution in [0.5, 0.6) is 5.88 Å². The summed E-state index contributed by atoms with van der Waals surface area (Å²) in [5.74, 6) is -0.137. The lowest BCUT2D eigenvalue weighted by atomic mass is 10.3. The molecule has 0 spiro atoms. The first-order chi connectivity index (χ1) is 7.69. The van der Waals surface area contributed by atoms with E-state index in [-0.39, 0.29) is 10.7 Å². The topological polar surface area (TPSA) is 60.5 Å². The molecule has 88 valence electrons. The summed E-state index contributed by atoms with van der Waals surface area (Å²) < 4.78 is 5.17. The molecule has 0 aliphatic heterocycles. The lowest BCUT2D eigenvalue weighted by Crippen LogP contribution is -2.25. The quantitative estimate of drug-likeness (QED) is 0.803. The summed E-state index contributed by atoms with van der Waals surface area (Å²) in [5.41, 5.74) is 2.30. The van der Waals surface area contributed by atoms with Crippen LogP contribution in [-0.2, 0) is 4.84 Å². The maximum atomic E-state index is 11.5. The Bertz CT molecular complexity index is 371. The van der Waals surface area contributed by atoms with E-state index in [2.05, 4.69) is 10.5 Å². The van der Waals surface area contributed by atoms with Crippen molar-refractivity contribution in [2.75, 3.05) is 13.2 Å². The summed E-state index contributed by atoms with van der Waals surface area (Å²) in [7, 11) is 0. The van der Waals surface area contributed by atoms with Crippen molar-refractivity contribution in [2.24, 2.45) is 0 Å². The maximum Gasteiger partial charge on any atom is 0.295 e. The van der Waals surface area contributed by atoms with Crippen molar-refractivity contribution >= 4 is 17.5 Å². The average Bonchev–Trinajstić information content (AvgIpc) is 2.29. The molecule has 1 aromatic rings. The van der Waals surface area contributed by atoms with Gasteiger partial charge in [0.05, 0.1) is 18.2 Å². The van der Waals surface area contributed by atoms with Gasteiger partial charge in [-0.1, -0.05) is 11.6 Å². The fraction of sp³-hybridized carbons (Fsp3) is 0.400. The normalized spacial score (nSPS) is 9.94. The number of halogens is 1. The molecule has 1 amide bonds. The lowest BCUT2D eigenvalue weighted by Gasteiger charge is -2.07. The summed E-state index contributed by atoms with van der Waals surface area (Å²) in [6.45, 7) is 4.43. The fourth-order valence-corrected chi connectivity index (χ4v) is 1.19. The number of rotatable bonds is 5. The summed E-state index contributed by atoms with van der Waals surface area (Å²) >= 11 is 5.84. The van der Waals surface area contributed by atoms with Gasteiger partial charge in [-0.05, 0) is 19.9 Å². The Balaban J connectivity index is 2.84. The summed E-state index contributed by atoms with van der Waals surface area (Å²) in [6, 6.07) is 3.16. The molecule has 0 aromatic carbocycles. The van der Waals surface area contributed by atoms with Crippen LogP contribution in [0.25, 0.3) is 0 Å². The number of nitrogens with zero attached hydrogens (tertiary/aromatic N) is 1. The molecule has 0 radical (unpaired) electrons. The Labute approximate surface area is 98.7 Å². The third-order valence-electron chi connectivity index (χ3n) is 1.64. The van der Waals surface area contributed by atoms with E-state index in [0.29, 0.717) is 19.1 Å². The molecule has 1 rings (SSSR count). The number of carbonyl (C=O) groups is 1. The van der Waals surface area contributed by atoms with Gasteiger partial charge in [-0.3, -0.25) is 9.63 Å². The van der Waals surface area contributed by atoms with Gasteiger partial charge in [0, 0.05) is 6.07 Å². The van der Waals surface area contributed by atoms with E-state index in [4.69, 9.17) is 21.2 Å². The van der Waals surface area contributed by atoms with Crippen LogP contribution >= 0.6 is 11.6 Å². The number of hydrogen-bond acceptors (Lipinski definition) is 4. The Morgan fingerprint density at radius 2 is 2.19 bits per heavy atom. The van der Waals surface area contributed by atoms with Gasteiger partial charge in [-0.2, -0.15) is 0 Å². The van der Waals surface area contributed by atoms with Gasteiger partial charge in [0.15, 0.2) is 5.69 Å². The van der Waals surface area contributed by atoms with Crippen molar-refractivity contribution in [3.8, 4) is 5.88 Å². The SMILES string of the molecule is CCONC(=O)c1nc(OCC)ccc1Cl. The molecular formula is C10H13ClN2O3. The molecule has 1 N–H and O–H groups in total. The number of carbonyl (C=O) groups excluding carboxylic acids is 1. The predicted octanol–water partition coefficient (Wildman–Crippen LogP) is 1.81. The van der Waals surface area contributed by atoms with Crippen molar-refractivity contribution in [1.82, 2.24) is 10.5 Å². The second-order valence-corrected chi connectivity index (χ2v) is 3.18. The van der Waals surface area contributed by atoms with Crippen molar-refractivity contribution in [3.63, 3.8) is 0 Å². The van der Waals surface area contributed by atoms with Crippen molar-refractivity contribution in [2.45, 2.75) is 13.8 Å². The van der Waals surface area contributed by atoms with Gasteiger partial charge in [0.1, 0.15) is 0 Å². The second kappa shape index (κ2) is 6.30. The molecule has 0 saturated carbocycles. The van der Waals surface area contributed by atoms with Crippen LogP contribution in [0, 0.1) is 0 Å². The first-order valence-electron chi connectivity index (χ1n) is 4.90. The van der Waals surface area contributed by atoms with Crippen molar-refractivity contribution in [1.29, 1.82) is 0 Å². The first-order valence-corrected chi connectivity index (χ1v) is 5.28. The minimum absolute atomic E-state index is 0.0843. The average molecular weight is 245 g/mol. The van der Waals surface area contributed by atoms with Crippen molar-refractivity contribution in [3.05, 3.63) is 22.8 Å². The molecule has 0 bridgehead atoms. The van der Waals surface area contributed by atoms with Crippen LogP contribution in [-0.4, -0.2) is 24.1 Å². The van der Waals surface area contributed by atoms with E-state index in [1.165, 1.54) is 0 Å². The highest BCUT2D eigenvalue weighted by Gasteiger charge is 2.13. The maximum absolute atomic E-state index is 11.5. The zero-order valence-corrected chi connectivity index (χ0v) is 9.87. The molecule has 0 aliphatic rings. The number of ether oxygens (including phenoxy) is 1. The van der Waals surface area contributed by atoms with Crippen LogP contribution in [0.2, 0.25) is 5.02 Å². The molecule has 0 aliphatic carbocycles. The number of pyridine rings is 1. The van der Waals surface area contributed by atoms with E-state index >= 15 is 0 Å². The van der Waals surface area contributed by atoms with Crippen LogP contribution in [0.1, 0.15) is 24.3 Å². The number of nitrogens with one attached hydrogen (secondary N) is 1. The molecule has 6 heteroatoms. The van der Waals surface area contributed by atoms with Crippen molar-refractivity contribution < 1.29 is 14.4 Å². The Morgan fingerprint density at radius 1 is 1.44 bits per heavy atom. The zero-order valence-electron chi connectivity index (χ0n) is 9.12. The van der Waals surface area contributed by atoms with Gasteiger partial charge in [-0.15, -0.1) is 0 Å². The van der Waals surface area contributed by atoms with Crippen LogP contribution in [0.3, 0.4) is 0 Å². The number of hydroxylamine groups is 1. The van der Waals surface area contributed by atoms with Gasteiger partial charge in [0.25, 0.3) is 5.91 Å². The largest absolute Gasteiger partial charge is 0.478 e. The van der Waals surface area contributed by atoms with Crippen LogP contribution in [0.15, 0.2) is 12.1 Å². The molecule has 5 nitrogen and oxygen atoms in total. The van der Waals surface area contributed by atoms with Gasteiger partial charge >= 0.3 is 0 Å². The molecule has 16 heavy (non-hydrogen) atoms. The first kappa shape index (κ1) is 12.7. The molecule has 0 atom stereocenters. The molecule has 1 aromatic heterocycles. The lowest BCUT2D eigenvalue weighted by molar-refractivity contribution is 0.0359. The third kappa shape index (κ3) is 3.36. The van der Waals surface area contributed by atoms with Gasteiger partial charge in [0.2, 0.25) is 5.88 Å². The summed E-state index contributed by atoms with van der Waals surface area (Å²) in [6.07, 6.45) is 0. The standard InChI is InChI=1S/C10H13ClN2O3/c1-3-15-8-6-5-7(11)9(12-8)10(14)13-16-4-2/h5-6H,3-4H2,1-2H3,(H,13,14). The Kier molecular flexibility index (Phi) is 5.01. The molecule has 0 fully saturated rings. The van der Waals surface area contributed by atoms with E-state index in [1.54, 1.807) is 19.1 Å². The van der Waals surface area contributed by atoms with E-state index in [0.717, 1.165) is 0 Å². The van der Waals surface area contributed by atoms with E-state index in [1.807, 2.05) is 6.92 Å². The number of hydrogen-bond donors (Lipinski definition) is 1. The molecule has 0 unspecified atom stereocenters. The van der Waals surface area contributed by atoms with Gasteiger partial charge in [-0.25, -0.2) is 10.5 Å². The molecule has 0 saturated heterocycles. The van der Waals surface area contributed by atoms with E-state index in [9.17, 15) is 4.79 Å². The highest BCUT2D eigenvalue weighted by Crippen LogP contribution is 2.17. The number of amides is 1. The highest BCUT2D eigenvalue weighted by atomic mass is 35.5. The smallest absolute Gasteiger partial charge is 0.295 e. The zero-order chi connectivity index (χ0) is 12.0. The Morgan fingerprint density at radius 3 is 2.81 bits per heavy atom. The minimum Gasteiger partial charge on any atom is -0.478 e. The second-order valence-electron chi connectivity index (χ2n) is 2.78. The molecular weight excluding hydrogens is 232 g/mol.